The first-order chi connectivity index (χ1) is 6.63. The van der Waals surface area contributed by atoms with Crippen LogP contribution in [0.2, 0.25) is 0 Å². The average Bonchev–Trinajstić information content (AvgIpc) is 2.17. The summed E-state index contributed by atoms with van der Waals surface area (Å²) in [6.07, 6.45) is 2.43. The Hall–Kier alpha value is -1.57. The number of ketones is 1. The van der Waals surface area contributed by atoms with Gasteiger partial charge in [0.05, 0.1) is 0 Å². The highest BCUT2D eigenvalue weighted by atomic mass is 16.1. The lowest BCUT2D eigenvalue weighted by Gasteiger charge is -1.99. The van der Waals surface area contributed by atoms with E-state index in [1.807, 2.05) is 24.3 Å². The SMILES string of the molecule is CCc1ccc(C(=O)/C=C(/C)N)cc1. The summed E-state index contributed by atoms with van der Waals surface area (Å²) in [5.41, 5.74) is 7.88. The van der Waals surface area contributed by atoms with Crippen molar-refractivity contribution in [3.05, 3.63) is 47.2 Å². The van der Waals surface area contributed by atoms with Gasteiger partial charge in [-0.2, -0.15) is 0 Å². The summed E-state index contributed by atoms with van der Waals surface area (Å²) in [7, 11) is 0. The summed E-state index contributed by atoms with van der Waals surface area (Å²) >= 11 is 0. The van der Waals surface area contributed by atoms with Gasteiger partial charge in [-0.1, -0.05) is 31.2 Å². The summed E-state index contributed by atoms with van der Waals surface area (Å²) in [6, 6.07) is 7.60. The largest absolute Gasteiger partial charge is 0.402 e. The molecule has 2 nitrogen and oxygen atoms in total. The molecule has 14 heavy (non-hydrogen) atoms. The first-order valence-electron chi connectivity index (χ1n) is 4.70. The summed E-state index contributed by atoms with van der Waals surface area (Å²) in [5.74, 6) is -0.0346. The van der Waals surface area contributed by atoms with E-state index < -0.39 is 0 Å². The first-order valence-corrected chi connectivity index (χ1v) is 4.70. The number of rotatable bonds is 3. The van der Waals surface area contributed by atoms with Crippen molar-refractivity contribution >= 4 is 5.78 Å². The number of carbonyl (C=O) groups excluding carboxylic acids is 1. The number of carbonyl (C=O) groups is 1. The molecule has 1 aromatic rings. The van der Waals surface area contributed by atoms with Gasteiger partial charge < -0.3 is 5.73 Å². The summed E-state index contributed by atoms with van der Waals surface area (Å²) in [5, 5.41) is 0. The minimum absolute atomic E-state index is 0.0346. The number of hydrogen-bond donors (Lipinski definition) is 1. The molecule has 0 saturated carbocycles. The fraction of sp³-hybridized carbons (Fsp3) is 0.250. The second-order valence-corrected chi connectivity index (χ2v) is 3.30. The molecule has 0 amide bonds. The van der Waals surface area contributed by atoms with Crippen LogP contribution in [-0.2, 0) is 6.42 Å². The van der Waals surface area contributed by atoms with Crippen molar-refractivity contribution in [3.8, 4) is 0 Å². The van der Waals surface area contributed by atoms with Crippen LogP contribution in [0.15, 0.2) is 36.0 Å². The molecule has 1 rings (SSSR count). The van der Waals surface area contributed by atoms with Crippen LogP contribution in [0.25, 0.3) is 0 Å². The second kappa shape index (κ2) is 4.61. The maximum absolute atomic E-state index is 11.5. The summed E-state index contributed by atoms with van der Waals surface area (Å²) in [4.78, 5) is 11.5. The molecule has 0 saturated heterocycles. The fourth-order valence-corrected chi connectivity index (χ4v) is 1.19. The number of nitrogens with two attached hydrogens (primary N) is 1. The van der Waals surface area contributed by atoms with Crippen LogP contribution >= 0.6 is 0 Å². The highest BCUT2D eigenvalue weighted by molar-refractivity contribution is 6.04. The van der Waals surface area contributed by atoms with E-state index in [2.05, 4.69) is 6.92 Å². The van der Waals surface area contributed by atoms with Gasteiger partial charge in [0.25, 0.3) is 0 Å². The molecule has 0 aliphatic rings. The molecule has 0 spiro atoms. The van der Waals surface area contributed by atoms with Crippen LogP contribution in [0.1, 0.15) is 29.8 Å². The lowest BCUT2D eigenvalue weighted by Crippen LogP contribution is -2.00. The van der Waals surface area contributed by atoms with Gasteiger partial charge in [0.1, 0.15) is 0 Å². The zero-order chi connectivity index (χ0) is 10.6. The zero-order valence-electron chi connectivity index (χ0n) is 8.58. The number of allylic oxidation sites excluding steroid dienone is 2. The Kier molecular flexibility index (Phi) is 3.46. The monoisotopic (exact) mass is 189 g/mol. The quantitative estimate of drug-likeness (QED) is 0.585. The van der Waals surface area contributed by atoms with E-state index in [9.17, 15) is 4.79 Å². The summed E-state index contributed by atoms with van der Waals surface area (Å²) < 4.78 is 0. The Balaban J connectivity index is 2.87. The Morgan fingerprint density at radius 3 is 2.36 bits per heavy atom. The zero-order valence-corrected chi connectivity index (χ0v) is 8.58. The molecule has 0 heterocycles. The lowest BCUT2D eigenvalue weighted by atomic mass is 10.1. The molecule has 0 aromatic heterocycles. The van der Waals surface area contributed by atoms with Crippen LogP contribution in [0.4, 0.5) is 0 Å². The Morgan fingerprint density at radius 2 is 1.93 bits per heavy atom. The van der Waals surface area contributed by atoms with Gasteiger partial charge >= 0.3 is 0 Å². The van der Waals surface area contributed by atoms with Crippen molar-refractivity contribution in [3.63, 3.8) is 0 Å². The van der Waals surface area contributed by atoms with Crippen LogP contribution < -0.4 is 5.73 Å². The molecule has 2 heteroatoms. The topological polar surface area (TPSA) is 43.1 Å². The van der Waals surface area contributed by atoms with Crippen molar-refractivity contribution in [2.45, 2.75) is 20.3 Å². The van der Waals surface area contributed by atoms with Gasteiger partial charge in [0.2, 0.25) is 0 Å². The maximum atomic E-state index is 11.5. The van der Waals surface area contributed by atoms with Crippen LogP contribution in [0.5, 0.6) is 0 Å². The molecule has 0 aliphatic carbocycles. The van der Waals surface area contributed by atoms with E-state index in [1.54, 1.807) is 6.92 Å². The van der Waals surface area contributed by atoms with Gasteiger partial charge in [-0.3, -0.25) is 4.79 Å². The third-order valence-electron chi connectivity index (χ3n) is 2.01. The third-order valence-corrected chi connectivity index (χ3v) is 2.01. The normalized spacial score (nSPS) is 11.4. The van der Waals surface area contributed by atoms with Crippen LogP contribution in [0.3, 0.4) is 0 Å². The highest BCUT2D eigenvalue weighted by Gasteiger charge is 2.01. The van der Waals surface area contributed by atoms with E-state index in [1.165, 1.54) is 11.6 Å². The van der Waals surface area contributed by atoms with Crippen molar-refractivity contribution in [1.82, 2.24) is 0 Å². The molecule has 0 aliphatic heterocycles. The van der Waals surface area contributed by atoms with Crippen LogP contribution in [0, 0.1) is 0 Å². The smallest absolute Gasteiger partial charge is 0.187 e. The molecule has 0 atom stereocenters. The molecule has 0 fully saturated rings. The average molecular weight is 189 g/mol. The predicted octanol–water partition coefficient (Wildman–Crippen LogP) is 2.29. The van der Waals surface area contributed by atoms with E-state index >= 15 is 0 Å². The molecule has 2 N–H and O–H groups in total. The van der Waals surface area contributed by atoms with E-state index in [-0.39, 0.29) is 5.78 Å². The Bertz CT molecular complexity index is 345. The van der Waals surface area contributed by atoms with Crippen molar-refractivity contribution in [1.29, 1.82) is 0 Å². The molecule has 0 radical (unpaired) electrons. The van der Waals surface area contributed by atoms with E-state index in [4.69, 9.17) is 5.73 Å². The van der Waals surface area contributed by atoms with Crippen LogP contribution in [-0.4, -0.2) is 5.78 Å². The molecular weight excluding hydrogens is 174 g/mol. The molecular formula is C12H15NO. The standard InChI is InChI=1S/C12H15NO/c1-3-10-4-6-11(7-5-10)12(14)8-9(2)13/h4-8H,3,13H2,1-2H3/b9-8-. The molecule has 74 valence electrons. The number of benzene rings is 1. The lowest BCUT2D eigenvalue weighted by molar-refractivity contribution is 0.104. The van der Waals surface area contributed by atoms with Crippen molar-refractivity contribution in [2.75, 3.05) is 0 Å². The summed E-state index contributed by atoms with van der Waals surface area (Å²) in [6.45, 7) is 3.79. The minimum Gasteiger partial charge on any atom is -0.402 e. The van der Waals surface area contributed by atoms with E-state index in [0.717, 1.165) is 6.42 Å². The number of aryl methyl sites for hydroxylation is 1. The fourth-order valence-electron chi connectivity index (χ4n) is 1.19. The van der Waals surface area contributed by atoms with Gasteiger partial charge in [0, 0.05) is 17.3 Å². The van der Waals surface area contributed by atoms with Gasteiger partial charge in [-0.05, 0) is 18.9 Å². The molecule has 1 aromatic carbocycles. The third kappa shape index (κ3) is 2.73. The molecule has 0 unspecified atom stereocenters. The Morgan fingerprint density at radius 1 is 1.36 bits per heavy atom. The maximum Gasteiger partial charge on any atom is 0.187 e. The van der Waals surface area contributed by atoms with Gasteiger partial charge in [0.15, 0.2) is 5.78 Å². The minimum atomic E-state index is -0.0346. The highest BCUT2D eigenvalue weighted by Crippen LogP contribution is 2.06. The Labute approximate surface area is 84.4 Å². The first kappa shape index (κ1) is 10.5. The van der Waals surface area contributed by atoms with Crippen molar-refractivity contribution < 1.29 is 4.79 Å². The van der Waals surface area contributed by atoms with Crippen molar-refractivity contribution in [2.24, 2.45) is 5.73 Å². The number of hydrogen-bond acceptors (Lipinski definition) is 2. The molecule has 0 bridgehead atoms. The van der Waals surface area contributed by atoms with Gasteiger partial charge in [-0.15, -0.1) is 0 Å². The van der Waals surface area contributed by atoms with Gasteiger partial charge in [-0.25, -0.2) is 0 Å². The van der Waals surface area contributed by atoms with E-state index in [0.29, 0.717) is 11.3 Å². The predicted molar refractivity (Wildman–Crippen MR) is 58.1 cm³/mol. The second-order valence-electron chi connectivity index (χ2n) is 3.30.